The Labute approximate surface area is 274 Å². The predicted molar refractivity (Wildman–Crippen MR) is 170 cm³/mol. The Bertz CT molecular complexity index is 2080. The van der Waals surface area contributed by atoms with Gasteiger partial charge in [0.15, 0.2) is 34.8 Å². The number of hydrogen-bond acceptors (Lipinski definition) is 8. The first-order chi connectivity index (χ1) is 22.7. The summed E-state index contributed by atoms with van der Waals surface area (Å²) in [5.74, 6) is -2.30. The normalized spacial score (nSPS) is 13.7. The molecule has 1 atom stereocenters. The Hall–Kier alpha value is -5.24. The largest absolute Gasteiger partial charge is 0.490 e. The van der Waals surface area contributed by atoms with Crippen LogP contribution in [0, 0.1) is 25.5 Å². The molecule has 0 aliphatic carbocycles. The number of carboxylic acid groups (broad SMARTS) is 1. The average Bonchev–Trinajstić information content (AvgIpc) is 3.66. The smallest absolute Gasteiger partial charge is 0.337 e. The lowest BCUT2D eigenvalue weighted by Gasteiger charge is -2.28. The van der Waals surface area contributed by atoms with Crippen LogP contribution in [-0.2, 0) is 29.5 Å². The van der Waals surface area contributed by atoms with E-state index in [2.05, 4.69) is 25.5 Å². The number of aliphatic carboxylic acids is 1. The van der Waals surface area contributed by atoms with Crippen molar-refractivity contribution >= 4 is 17.5 Å². The van der Waals surface area contributed by atoms with Crippen LogP contribution in [0.25, 0.3) is 28.3 Å². The number of aryl methyl sites for hydroxylation is 2. The van der Waals surface area contributed by atoms with Crippen LogP contribution in [0.2, 0.25) is 0 Å². The van der Waals surface area contributed by atoms with E-state index in [9.17, 15) is 19.1 Å². The quantitative estimate of drug-likeness (QED) is 0.227. The molecule has 12 nitrogen and oxygen atoms in total. The molecular formula is C34H35F2N7O5. The highest BCUT2D eigenvalue weighted by Gasteiger charge is 2.35. The van der Waals surface area contributed by atoms with E-state index in [1.54, 1.807) is 40.8 Å². The second-order valence-electron chi connectivity index (χ2n) is 12.7. The number of nitrogens with zero attached hydrogens (tertiary/aromatic N) is 6. The molecule has 0 saturated carbocycles. The molecule has 0 unspecified atom stereocenters. The summed E-state index contributed by atoms with van der Waals surface area (Å²) in [6.45, 7) is 9.07. The van der Waals surface area contributed by atoms with Crippen LogP contribution in [0.5, 0.6) is 5.75 Å². The highest BCUT2D eigenvalue weighted by Crippen LogP contribution is 2.41. The number of amides is 1. The van der Waals surface area contributed by atoms with Gasteiger partial charge in [0, 0.05) is 47.6 Å². The van der Waals surface area contributed by atoms with Gasteiger partial charge < -0.3 is 19.9 Å². The molecule has 4 heterocycles. The summed E-state index contributed by atoms with van der Waals surface area (Å²) >= 11 is 0. The van der Waals surface area contributed by atoms with Gasteiger partial charge in [-0.1, -0.05) is 6.07 Å². The van der Waals surface area contributed by atoms with Crippen LogP contribution in [-0.4, -0.2) is 58.6 Å². The molecule has 1 amide bonds. The monoisotopic (exact) mass is 659 g/mol. The van der Waals surface area contributed by atoms with Gasteiger partial charge in [-0.25, -0.2) is 32.7 Å². The first kappa shape index (κ1) is 32.7. The van der Waals surface area contributed by atoms with Gasteiger partial charge in [0.2, 0.25) is 0 Å². The molecule has 0 bridgehead atoms. The Morgan fingerprint density at radius 2 is 1.92 bits per heavy atom. The van der Waals surface area contributed by atoms with Crippen molar-refractivity contribution in [3.05, 3.63) is 81.9 Å². The fourth-order valence-electron chi connectivity index (χ4n) is 6.02. The maximum Gasteiger partial charge on any atom is 0.337 e. The van der Waals surface area contributed by atoms with Gasteiger partial charge in [-0.3, -0.25) is 4.79 Å². The predicted octanol–water partition coefficient (Wildman–Crippen LogP) is 5.28. The summed E-state index contributed by atoms with van der Waals surface area (Å²) in [5, 5.41) is 21.9. The number of carboxylic acids is 1. The van der Waals surface area contributed by atoms with E-state index < -0.39 is 35.2 Å². The standard InChI is InChI=1S/C34H35F2N7O5/c1-17-21-8-7-11-47-29(21)24(36)13-22(17)28-27(30(33(45)46)48-34(3,4)5)18(2)40-26-14-25(41-43(26)28)32(44)37-15-19-9-10-20(35)12-23(19)31-38-16-39-42(31)6/h9-10,12-14,16,30H,7-8,11,15H2,1-6H3,(H,37,44)(H,45,46)/t30-/m0/s1. The van der Waals surface area contributed by atoms with E-state index in [1.165, 1.54) is 39.8 Å². The van der Waals surface area contributed by atoms with E-state index in [4.69, 9.17) is 9.47 Å². The van der Waals surface area contributed by atoms with Gasteiger partial charge in [0.1, 0.15) is 12.1 Å². The summed E-state index contributed by atoms with van der Waals surface area (Å²) in [5.41, 5.74) is 2.87. The zero-order valence-electron chi connectivity index (χ0n) is 27.4. The van der Waals surface area contributed by atoms with Crippen molar-refractivity contribution in [3.63, 3.8) is 0 Å². The molecule has 14 heteroatoms. The molecule has 2 N–H and O–H groups in total. The van der Waals surface area contributed by atoms with Crippen molar-refractivity contribution in [1.82, 2.24) is 34.7 Å². The molecule has 48 heavy (non-hydrogen) atoms. The third-order valence-corrected chi connectivity index (χ3v) is 8.18. The molecule has 1 aliphatic rings. The molecule has 0 spiro atoms. The highest BCUT2D eigenvalue weighted by molar-refractivity contribution is 5.94. The van der Waals surface area contributed by atoms with Crippen LogP contribution < -0.4 is 10.1 Å². The summed E-state index contributed by atoms with van der Waals surface area (Å²) in [7, 11) is 1.68. The lowest BCUT2D eigenvalue weighted by molar-refractivity contribution is -0.160. The SMILES string of the molecule is Cc1nc2cc(C(=O)NCc3ccc(F)cc3-c3ncnn3C)nn2c(-c2cc(F)c3c(c2C)CCCO3)c1[C@H](OC(C)(C)C)C(=O)O. The third kappa shape index (κ3) is 6.10. The molecule has 2 aromatic carbocycles. The Kier molecular flexibility index (Phi) is 8.45. The Morgan fingerprint density at radius 1 is 1.15 bits per heavy atom. The zero-order valence-corrected chi connectivity index (χ0v) is 27.4. The van der Waals surface area contributed by atoms with Crippen molar-refractivity contribution < 1.29 is 33.0 Å². The average molecular weight is 660 g/mol. The lowest BCUT2D eigenvalue weighted by Crippen LogP contribution is -2.29. The van der Waals surface area contributed by atoms with Crippen molar-refractivity contribution in [2.45, 2.75) is 65.7 Å². The number of carbonyl (C=O) groups excluding carboxylic acids is 1. The Balaban J connectivity index is 1.47. The second kappa shape index (κ2) is 12.4. The number of hydrogen-bond donors (Lipinski definition) is 2. The molecule has 0 fully saturated rings. The fraction of sp³-hybridized carbons (Fsp3) is 0.353. The first-order valence-electron chi connectivity index (χ1n) is 15.4. The van der Waals surface area contributed by atoms with Gasteiger partial charge in [-0.15, -0.1) is 0 Å². The number of carbonyl (C=O) groups is 2. The molecule has 250 valence electrons. The van der Waals surface area contributed by atoms with Gasteiger partial charge in [-0.2, -0.15) is 10.2 Å². The molecule has 5 aromatic rings. The number of fused-ring (bicyclic) bond motifs is 2. The summed E-state index contributed by atoms with van der Waals surface area (Å²) < 4.78 is 44.4. The summed E-state index contributed by atoms with van der Waals surface area (Å²) in [4.78, 5) is 35.1. The van der Waals surface area contributed by atoms with E-state index in [0.717, 1.165) is 0 Å². The lowest BCUT2D eigenvalue weighted by atomic mass is 9.91. The molecule has 1 aliphatic heterocycles. The molecule has 3 aromatic heterocycles. The number of aromatic nitrogens is 6. The van der Waals surface area contributed by atoms with Crippen LogP contribution in [0.3, 0.4) is 0 Å². The summed E-state index contributed by atoms with van der Waals surface area (Å²) in [6.07, 6.45) is 1.12. The van der Waals surface area contributed by atoms with E-state index >= 15 is 4.39 Å². The first-order valence-corrected chi connectivity index (χ1v) is 15.4. The third-order valence-electron chi connectivity index (χ3n) is 8.18. The number of halogens is 2. The van der Waals surface area contributed by atoms with Crippen LogP contribution >= 0.6 is 0 Å². The molecule has 0 radical (unpaired) electrons. The van der Waals surface area contributed by atoms with E-state index in [1.807, 2.05) is 6.92 Å². The van der Waals surface area contributed by atoms with E-state index in [-0.39, 0.29) is 34.9 Å². The van der Waals surface area contributed by atoms with Crippen LogP contribution in [0.1, 0.15) is 71.7 Å². The minimum atomic E-state index is -1.49. The Morgan fingerprint density at radius 3 is 2.60 bits per heavy atom. The second-order valence-corrected chi connectivity index (χ2v) is 12.7. The van der Waals surface area contributed by atoms with E-state index in [0.29, 0.717) is 58.8 Å². The topological polar surface area (TPSA) is 146 Å². The highest BCUT2D eigenvalue weighted by atomic mass is 19.1. The number of ether oxygens (including phenoxy) is 2. The van der Waals surface area contributed by atoms with Gasteiger partial charge >= 0.3 is 5.97 Å². The zero-order chi connectivity index (χ0) is 34.5. The van der Waals surface area contributed by atoms with Gasteiger partial charge in [0.25, 0.3) is 5.91 Å². The minimum absolute atomic E-state index is 0.00932. The van der Waals surface area contributed by atoms with Crippen LogP contribution in [0.4, 0.5) is 8.78 Å². The van der Waals surface area contributed by atoms with Crippen molar-refractivity contribution in [1.29, 1.82) is 0 Å². The van der Waals surface area contributed by atoms with Crippen molar-refractivity contribution in [3.8, 4) is 28.4 Å². The minimum Gasteiger partial charge on any atom is -0.490 e. The van der Waals surface area contributed by atoms with Gasteiger partial charge in [-0.05, 0) is 76.8 Å². The van der Waals surface area contributed by atoms with Crippen molar-refractivity contribution in [2.75, 3.05) is 6.61 Å². The summed E-state index contributed by atoms with van der Waals surface area (Å²) in [6, 6.07) is 6.93. The molecule has 0 saturated heterocycles. The maximum atomic E-state index is 15.6. The fourth-order valence-corrected chi connectivity index (χ4v) is 6.02. The van der Waals surface area contributed by atoms with Crippen molar-refractivity contribution in [2.24, 2.45) is 7.05 Å². The van der Waals surface area contributed by atoms with Gasteiger partial charge in [0.05, 0.1) is 17.9 Å². The van der Waals surface area contributed by atoms with Crippen LogP contribution in [0.15, 0.2) is 36.7 Å². The molecular weight excluding hydrogens is 624 g/mol. The number of benzene rings is 2. The number of nitrogens with one attached hydrogen (secondary N) is 1. The maximum absolute atomic E-state index is 15.6. The number of rotatable bonds is 8. The molecule has 6 rings (SSSR count).